The maximum Gasteiger partial charge on any atom is -0.0140 e. The first-order valence-electron chi connectivity index (χ1n) is 5.96. The fourth-order valence-corrected chi connectivity index (χ4v) is 4.55. The molecule has 0 amide bonds. The summed E-state index contributed by atoms with van der Waals surface area (Å²) in [5.41, 5.74) is 4.22. The molecule has 17 heavy (non-hydrogen) atoms. The van der Waals surface area contributed by atoms with Crippen molar-refractivity contribution in [3.05, 3.63) is 59.2 Å². The van der Waals surface area contributed by atoms with Gasteiger partial charge in [0.15, 0.2) is 0 Å². The van der Waals surface area contributed by atoms with Crippen LogP contribution >= 0.6 is 7.92 Å². The third kappa shape index (κ3) is 2.58. The van der Waals surface area contributed by atoms with Crippen molar-refractivity contribution in [1.29, 1.82) is 0 Å². The van der Waals surface area contributed by atoms with E-state index in [1.54, 1.807) is 0 Å². The molecular weight excluding hydrogens is 223 g/mol. The zero-order valence-corrected chi connectivity index (χ0v) is 11.9. The van der Waals surface area contributed by atoms with Crippen LogP contribution in [0.15, 0.2) is 42.5 Å². The minimum absolute atomic E-state index is 0.225. The molecule has 1 heteroatoms. The van der Waals surface area contributed by atoms with Gasteiger partial charge in [0.05, 0.1) is 0 Å². The van der Waals surface area contributed by atoms with E-state index in [-0.39, 0.29) is 7.92 Å². The van der Waals surface area contributed by atoms with Crippen molar-refractivity contribution in [2.75, 3.05) is 6.66 Å². The standard InChI is InChI=1S/C16H19P/c1-12-10-13(2)16(14(3)11-12)17(4)15-8-6-5-7-9-15/h5-11H,1-4H3. The lowest BCUT2D eigenvalue weighted by Gasteiger charge is -2.19. The normalized spacial score (nSPS) is 12.5. The Morgan fingerprint density at radius 3 is 1.88 bits per heavy atom. The largest absolute Gasteiger partial charge is 0.0622 e. The SMILES string of the molecule is Cc1cc(C)c(P(C)c2ccccc2)c(C)c1. The molecule has 0 spiro atoms. The highest BCUT2D eigenvalue weighted by Crippen LogP contribution is 2.31. The topological polar surface area (TPSA) is 0 Å². The maximum absolute atomic E-state index is 2.36. The molecule has 0 N–H and O–H groups in total. The number of aryl methyl sites for hydroxylation is 3. The predicted octanol–water partition coefficient (Wildman–Crippen LogP) is 3.67. The van der Waals surface area contributed by atoms with E-state index < -0.39 is 0 Å². The van der Waals surface area contributed by atoms with Gasteiger partial charge in [-0.2, -0.15) is 0 Å². The Balaban J connectivity index is 2.48. The minimum atomic E-state index is -0.225. The Morgan fingerprint density at radius 2 is 1.35 bits per heavy atom. The molecule has 0 aliphatic rings. The smallest absolute Gasteiger partial charge is 0.0140 e. The van der Waals surface area contributed by atoms with Gasteiger partial charge in [0.25, 0.3) is 0 Å². The van der Waals surface area contributed by atoms with Crippen LogP contribution in [0.5, 0.6) is 0 Å². The Labute approximate surface area is 105 Å². The van der Waals surface area contributed by atoms with E-state index >= 15 is 0 Å². The molecule has 2 rings (SSSR count). The number of rotatable bonds is 2. The Kier molecular flexibility index (Phi) is 3.64. The van der Waals surface area contributed by atoms with Gasteiger partial charge < -0.3 is 0 Å². The number of hydrogen-bond donors (Lipinski definition) is 0. The van der Waals surface area contributed by atoms with Gasteiger partial charge in [0.1, 0.15) is 0 Å². The summed E-state index contributed by atoms with van der Waals surface area (Å²) in [5.74, 6) is 0. The summed E-state index contributed by atoms with van der Waals surface area (Å²) in [6, 6.07) is 15.4. The lowest BCUT2D eigenvalue weighted by Crippen LogP contribution is -2.16. The first-order chi connectivity index (χ1) is 8.09. The van der Waals surface area contributed by atoms with E-state index in [9.17, 15) is 0 Å². The molecule has 1 unspecified atom stereocenters. The van der Waals surface area contributed by atoms with Crippen molar-refractivity contribution in [1.82, 2.24) is 0 Å². The van der Waals surface area contributed by atoms with Gasteiger partial charge in [0.2, 0.25) is 0 Å². The number of benzene rings is 2. The zero-order chi connectivity index (χ0) is 12.4. The third-order valence-electron chi connectivity index (χ3n) is 3.11. The second-order valence-corrected chi connectivity index (χ2v) is 6.72. The first-order valence-corrected chi connectivity index (χ1v) is 7.75. The molecule has 0 saturated carbocycles. The first kappa shape index (κ1) is 12.3. The second-order valence-electron chi connectivity index (χ2n) is 4.64. The summed E-state index contributed by atoms with van der Waals surface area (Å²) in [4.78, 5) is 0. The van der Waals surface area contributed by atoms with Crippen LogP contribution in [0.4, 0.5) is 0 Å². The zero-order valence-electron chi connectivity index (χ0n) is 11.0. The van der Waals surface area contributed by atoms with Crippen molar-refractivity contribution < 1.29 is 0 Å². The van der Waals surface area contributed by atoms with Crippen LogP contribution in [0.2, 0.25) is 0 Å². The fraction of sp³-hybridized carbons (Fsp3) is 0.250. The highest BCUT2D eigenvalue weighted by atomic mass is 31.1. The molecule has 1 atom stereocenters. The van der Waals surface area contributed by atoms with Gasteiger partial charge in [-0.15, -0.1) is 0 Å². The lowest BCUT2D eigenvalue weighted by molar-refractivity contribution is 1.35. The van der Waals surface area contributed by atoms with Crippen LogP contribution in [-0.4, -0.2) is 6.66 Å². The monoisotopic (exact) mass is 242 g/mol. The lowest BCUT2D eigenvalue weighted by atomic mass is 10.1. The van der Waals surface area contributed by atoms with Crippen molar-refractivity contribution >= 4 is 18.5 Å². The molecule has 0 radical (unpaired) electrons. The molecule has 0 saturated heterocycles. The van der Waals surface area contributed by atoms with E-state index in [1.165, 1.54) is 27.3 Å². The van der Waals surface area contributed by atoms with Gasteiger partial charge >= 0.3 is 0 Å². The van der Waals surface area contributed by atoms with Gasteiger partial charge in [0, 0.05) is 0 Å². The van der Waals surface area contributed by atoms with E-state index in [4.69, 9.17) is 0 Å². The van der Waals surface area contributed by atoms with E-state index in [2.05, 4.69) is 69.9 Å². The summed E-state index contributed by atoms with van der Waals surface area (Å²) in [6.07, 6.45) is 0. The second kappa shape index (κ2) is 5.02. The predicted molar refractivity (Wildman–Crippen MR) is 79.2 cm³/mol. The average Bonchev–Trinajstić information content (AvgIpc) is 2.28. The average molecular weight is 242 g/mol. The molecule has 0 bridgehead atoms. The summed E-state index contributed by atoms with van der Waals surface area (Å²) in [5, 5.41) is 2.99. The minimum Gasteiger partial charge on any atom is -0.0622 e. The quantitative estimate of drug-likeness (QED) is 0.705. The Morgan fingerprint density at radius 1 is 0.824 bits per heavy atom. The third-order valence-corrected chi connectivity index (χ3v) is 5.56. The van der Waals surface area contributed by atoms with Crippen molar-refractivity contribution in [3.8, 4) is 0 Å². The molecule has 88 valence electrons. The van der Waals surface area contributed by atoms with Crippen LogP contribution in [0.3, 0.4) is 0 Å². The van der Waals surface area contributed by atoms with Crippen molar-refractivity contribution in [2.45, 2.75) is 20.8 Å². The summed E-state index contributed by atoms with van der Waals surface area (Å²) in [7, 11) is -0.225. The molecule has 0 aliphatic carbocycles. The molecule has 0 heterocycles. The Bertz CT molecular complexity index is 491. The van der Waals surface area contributed by atoms with E-state index in [0.717, 1.165) is 0 Å². The van der Waals surface area contributed by atoms with Crippen LogP contribution in [0, 0.1) is 20.8 Å². The molecule has 2 aromatic rings. The van der Waals surface area contributed by atoms with Gasteiger partial charge in [-0.1, -0.05) is 48.0 Å². The van der Waals surface area contributed by atoms with Crippen molar-refractivity contribution in [2.24, 2.45) is 0 Å². The van der Waals surface area contributed by atoms with Crippen LogP contribution in [-0.2, 0) is 0 Å². The molecule has 0 fully saturated rings. The van der Waals surface area contributed by atoms with Crippen molar-refractivity contribution in [3.63, 3.8) is 0 Å². The Hall–Kier alpha value is -1.13. The molecule has 0 nitrogen and oxygen atoms in total. The van der Waals surface area contributed by atoms with E-state index in [0.29, 0.717) is 0 Å². The van der Waals surface area contributed by atoms with Crippen LogP contribution < -0.4 is 10.6 Å². The highest BCUT2D eigenvalue weighted by molar-refractivity contribution is 7.72. The van der Waals surface area contributed by atoms with Gasteiger partial charge in [-0.25, -0.2) is 0 Å². The van der Waals surface area contributed by atoms with Crippen LogP contribution in [0.25, 0.3) is 0 Å². The number of hydrogen-bond acceptors (Lipinski definition) is 0. The summed E-state index contributed by atoms with van der Waals surface area (Å²) >= 11 is 0. The highest BCUT2D eigenvalue weighted by Gasteiger charge is 2.13. The molecule has 0 aliphatic heterocycles. The molecule has 2 aromatic carbocycles. The van der Waals surface area contributed by atoms with Gasteiger partial charge in [-0.3, -0.25) is 0 Å². The van der Waals surface area contributed by atoms with Gasteiger partial charge in [-0.05, 0) is 57.1 Å². The van der Waals surface area contributed by atoms with E-state index in [1.807, 2.05) is 0 Å². The fourth-order valence-electron chi connectivity index (χ4n) is 2.48. The summed E-state index contributed by atoms with van der Waals surface area (Å²) in [6.45, 7) is 8.99. The molecular formula is C16H19P. The summed E-state index contributed by atoms with van der Waals surface area (Å²) < 4.78 is 0. The van der Waals surface area contributed by atoms with Crippen LogP contribution in [0.1, 0.15) is 16.7 Å². The molecule has 0 aromatic heterocycles. The maximum atomic E-state index is 2.36.